The molecule has 3 nitrogen and oxygen atoms in total. The van der Waals surface area contributed by atoms with Crippen molar-refractivity contribution in [3.63, 3.8) is 0 Å². The standard InChI is InChI=1S/C9H17BO3/c1-6-7(2)13-9(10)8(6)12-5-4-11-3/h6-9H,4-5H2,1-3H3/t6-,7-,8?,9-/m1/s1. The van der Waals surface area contributed by atoms with Gasteiger partial charge in [0.2, 0.25) is 0 Å². The summed E-state index contributed by atoms with van der Waals surface area (Å²) in [4.78, 5) is 0. The number of methoxy groups -OCH3 is 1. The maximum atomic E-state index is 5.75. The predicted molar refractivity (Wildman–Crippen MR) is 50.9 cm³/mol. The summed E-state index contributed by atoms with van der Waals surface area (Å²) in [7, 11) is 7.41. The van der Waals surface area contributed by atoms with Crippen LogP contribution in [0.5, 0.6) is 0 Å². The summed E-state index contributed by atoms with van der Waals surface area (Å²) in [6, 6.07) is -0.290. The molecule has 1 aliphatic heterocycles. The summed E-state index contributed by atoms with van der Waals surface area (Å²) < 4.78 is 15.9. The van der Waals surface area contributed by atoms with E-state index in [1.165, 1.54) is 0 Å². The molecule has 1 saturated heterocycles. The van der Waals surface area contributed by atoms with Crippen molar-refractivity contribution < 1.29 is 14.2 Å². The first-order valence-electron chi connectivity index (χ1n) is 4.68. The Morgan fingerprint density at radius 1 is 1.31 bits per heavy atom. The average Bonchev–Trinajstić information content (AvgIpc) is 2.32. The van der Waals surface area contributed by atoms with Crippen LogP contribution in [0.4, 0.5) is 0 Å². The van der Waals surface area contributed by atoms with Gasteiger partial charge in [-0.25, -0.2) is 0 Å². The Kier molecular flexibility index (Phi) is 4.23. The third-order valence-electron chi connectivity index (χ3n) is 2.55. The molecule has 0 amide bonds. The second kappa shape index (κ2) is 4.98. The molecule has 0 aromatic carbocycles. The highest BCUT2D eigenvalue weighted by Crippen LogP contribution is 2.27. The highest BCUT2D eigenvalue weighted by molar-refractivity contribution is 6.11. The van der Waals surface area contributed by atoms with Crippen LogP contribution in [0, 0.1) is 5.92 Å². The van der Waals surface area contributed by atoms with E-state index in [2.05, 4.69) is 6.92 Å². The number of hydrogen-bond donors (Lipinski definition) is 0. The zero-order valence-corrected chi connectivity index (χ0v) is 8.53. The molecule has 0 aromatic heterocycles. The van der Waals surface area contributed by atoms with Crippen LogP contribution < -0.4 is 0 Å². The minimum atomic E-state index is -0.290. The van der Waals surface area contributed by atoms with Crippen LogP contribution >= 0.6 is 0 Å². The van der Waals surface area contributed by atoms with E-state index in [0.29, 0.717) is 19.1 Å². The Bertz CT molecular complexity index is 154. The van der Waals surface area contributed by atoms with Crippen LogP contribution in [0.25, 0.3) is 0 Å². The molecule has 0 aromatic rings. The van der Waals surface area contributed by atoms with Crippen molar-refractivity contribution in [2.75, 3.05) is 20.3 Å². The van der Waals surface area contributed by atoms with E-state index in [9.17, 15) is 0 Å². The van der Waals surface area contributed by atoms with Crippen molar-refractivity contribution >= 4 is 7.85 Å². The van der Waals surface area contributed by atoms with Crippen LogP contribution in [0.1, 0.15) is 13.8 Å². The molecule has 1 rings (SSSR count). The summed E-state index contributed by atoms with van der Waals surface area (Å²) >= 11 is 0. The van der Waals surface area contributed by atoms with Crippen LogP contribution in [-0.4, -0.2) is 46.4 Å². The molecule has 74 valence electrons. The first-order valence-corrected chi connectivity index (χ1v) is 4.68. The summed E-state index contributed by atoms with van der Waals surface area (Å²) in [5.74, 6) is 0.354. The molecule has 0 saturated carbocycles. The predicted octanol–water partition coefficient (Wildman–Crippen LogP) is 0.567. The van der Waals surface area contributed by atoms with Gasteiger partial charge in [0.25, 0.3) is 0 Å². The number of hydrogen-bond acceptors (Lipinski definition) is 3. The average molecular weight is 184 g/mol. The smallest absolute Gasteiger partial charge is 0.112 e. The fraction of sp³-hybridized carbons (Fsp3) is 1.00. The lowest BCUT2D eigenvalue weighted by molar-refractivity contribution is -0.0107. The van der Waals surface area contributed by atoms with Crippen molar-refractivity contribution in [1.29, 1.82) is 0 Å². The van der Waals surface area contributed by atoms with E-state index in [4.69, 9.17) is 22.1 Å². The fourth-order valence-electron chi connectivity index (χ4n) is 1.53. The van der Waals surface area contributed by atoms with Gasteiger partial charge in [-0.3, -0.25) is 0 Å². The molecule has 1 unspecified atom stereocenters. The Labute approximate surface area is 81.1 Å². The third kappa shape index (κ3) is 2.69. The second-order valence-electron chi connectivity index (χ2n) is 3.49. The lowest BCUT2D eigenvalue weighted by atomic mass is 9.89. The molecular formula is C9H17BO3. The van der Waals surface area contributed by atoms with Crippen LogP contribution in [0.15, 0.2) is 0 Å². The number of ether oxygens (including phenoxy) is 3. The summed E-state index contributed by atoms with van der Waals surface area (Å²) in [5.41, 5.74) is 0. The van der Waals surface area contributed by atoms with Crippen molar-refractivity contribution in [2.24, 2.45) is 5.92 Å². The molecule has 13 heavy (non-hydrogen) atoms. The zero-order chi connectivity index (χ0) is 9.84. The van der Waals surface area contributed by atoms with Gasteiger partial charge in [-0.1, -0.05) is 6.92 Å². The molecule has 1 heterocycles. The quantitative estimate of drug-likeness (QED) is 0.472. The van der Waals surface area contributed by atoms with Gasteiger partial charge in [0.1, 0.15) is 7.85 Å². The van der Waals surface area contributed by atoms with Gasteiger partial charge in [-0.2, -0.15) is 0 Å². The van der Waals surface area contributed by atoms with Crippen molar-refractivity contribution in [3.8, 4) is 0 Å². The Balaban J connectivity index is 2.31. The van der Waals surface area contributed by atoms with E-state index < -0.39 is 0 Å². The SMILES string of the molecule is [B][C@@H]1O[C@H](C)[C@@H](C)C1OCCOC. The van der Waals surface area contributed by atoms with Crippen molar-refractivity contribution in [2.45, 2.75) is 32.1 Å². The summed E-state index contributed by atoms with van der Waals surface area (Å²) in [6.07, 6.45) is 0.188. The molecule has 0 bridgehead atoms. The van der Waals surface area contributed by atoms with Crippen molar-refractivity contribution in [1.82, 2.24) is 0 Å². The normalized spacial score (nSPS) is 39.6. The minimum absolute atomic E-state index is 0.00477. The monoisotopic (exact) mass is 184 g/mol. The van der Waals surface area contributed by atoms with E-state index >= 15 is 0 Å². The van der Waals surface area contributed by atoms with Gasteiger partial charge in [0.15, 0.2) is 0 Å². The first-order chi connectivity index (χ1) is 6.16. The number of rotatable bonds is 4. The maximum absolute atomic E-state index is 5.75. The highest BCUT2D eigenvalue weighted by Gasteiger charge is 2.36. The molecule has 0 spiro atoms. The molecule has 0 aliphatic carbocycles. The first kappa shape index (κ1) is 11.0. The van der Waals surface area contributed by atoms with Crippen molar-refractivity contribution in [3.05, 3.63) is 0 Å². The van der Waals surface area contributed by atoms with Crippen LogP contribution in [0.3, 0.4) is 0 Å². The van der Waals surface area contributed by atoms with Crippen LogP contribution in [0.2, 0.25) is 0 Å². The lowest BCUT2D eigenvalue weighted by Gasteiger charge is -2.19. The van der Waals surface area contributed by atoms with E-state index in [0.717, 1.165) is 0 Å². The molecule has 4 heteroatoms. The van der Waals surface area contributed by atoms with Gasteiger partial charge in [0, 0.05) is 19.0 Å². The van der Waals surface area contributed by atoms with Gasteiger partial charge < -0.3 is 14.2 Å². The summed E-state index contributed by atoms with van der Waals surface area (Å²) in [6.45, 7) is 5.29. The molecule has 1 fully saturated rings. The zero-order valence-electron chi connectivity index (χ0n) is 8.53. The Morgan fingerprint density at radius 2 is 2.00 bits per heavy atom. The van der Waals surface area contributed by atoms with Gasteiger partial charge >= 0.3 is 0 Å². The Morgan fingerprint density at radius 3 is 2.46 bits per heavy atom. The van der Waals surface area contributed by atoms with Crippen LogP contribution in [-0.2, 0) is 14.2 Å². The van der Waals surface area contributed by atoms with E-state index in [-0.39, 0.29) is 18.2 Å². The molecule has 1 aliphatic rings. The van der Waals surface area contributed by atoms with Gasteiger partial charge in [-0.15, -0.1) is 0 Å². The maximum Gasteiger partial charge on any atom is 0.112 e. The highest BCUT2D eigenvalue weighted by atomic mass is 16.6. The van der Waals surface area contributed by atoms with Gasteiger partial charge in [-0.05, 0) is 6.92 Å². The topological polar surface area (TPSA) is 27.7 Å². The third-order valence-corrected chi connectivity index (χ3v) is 2.55. The Hall–Kier alpha value is -0.0551. The molecular weight excluding hydrogens is 167 g/mol. The van der Waals surface area contributed by atoms with E-state index in [1.54, 1.807) is 7.11 Å². The largest absolute Gasteiger partial charge is 0.382 e. The lowest BCUT2D eigenvalue weighted by Crippen LogP contribution is -2.30. The minimum Gasteiger partial charge on any atom is -0.382 e. The molecule has 4 atom stereocenters. The molecule has 2 radical (unpaired) electrons. The van der Waals surface area contributed by atoms with E-state index in [1.807, 2.05) is 6.92 Å². The fourth-order valence-corrected chi connectivity index (χ4v) is 1.53. The second-order valence-corrected chi connectivity index (χ2v) is 3.49. The summed E-state index contributed by atoms with van der Waals surface area (Å²) in [5, 5.41) is 0. The molecule has 0 N–H and O–H groups in total. The van der Waals surface area contributed by atoms with Gasteiger partial charge in [0.05, 0.1) is 25.4 Å².